The fourth-order valence-electron chi connectivity index (χ4n) is 3.66. The number of halogens is 1. The number of nitrogens with one attached hydrogen (secondary N) is 2. The Balaban J connectivity index is 0.00000338. The van der Waals surface area contributed by atoms with E-state index in [1.807, 2.05) is 6.92 Å². The molecule has 154 valence electrons. The number of morpholine rings is 1. The zero-order valence-corrected chi connectivity index (χ0v) is 19.1. The van der Waals surface area contributed by atoms with E-state index in [-0.39, 0.29) is 24.0 Å². The third kappa shape index (κ3) is 9.19. The molecular weight excluding hydrogens is 443 g/mol. The van der Waals surface area contributed by atoms with Crippen LogP contribution in [0.3, 0.4) is 0 Å². The Morgan fingerprint density at radius 3 is 2.46 bits per heavy atom. The van der Waals surface area contributed by atoms with Crippen LogP contribution in [0.15, 0.2) is 4.99 Å². The largest absolute Gasteiger partial charge is 0.387 e. The zero-order valence-electron chi connectivity index (χ0n) is 16.8. The van der Waals surface area contributed by atoms with Gasteiger partial charge in [0.15, 0.2) is 5.96 Å². The second-order valence-electron chi connectivity index (χ2n) is 8.09. The van der Waals surface area contributed by atoms with Gasteiger partial charge in [-0.2, -0.15) is 0 Å². The van der Waals surface area contributed by atoms with Gasteiger partial charge >= 0.3 is 0 Å². The highest BCUT2D eigenvalue weighted by atomic mass is 127. The lowest BCUT2D eigenvalue weighted by Crippen LogP contribution is -2.48. The minimum Gasteiger partial charge on any atom is -0.387 e. The van der Waals surface area contributed by atoms with E-state index >= 15 is 0 Å². The Labute approximate surface area is 176 Å². The van der Waals surface area contributed by atoms with Gasteiger partial charge in [0.2, 0.25) is 0 Å². The molecule has 1 saturated heterocycles. The Kier molecular flexibility index (Phi) is 11.4. The van der Waals surface area contributed by atoms with Gasteiger partial charge in [0, 0.05) is 32.7 Å². The van der Waals surface area contributed by atoms with Gasteiger partial charge in [0.1, 0.15) is 0 Å². The summed E-state index contributed by atoms with van der Waals surface area (Å²) in [6, 6.07) is 0. The van der Waals surface area contributed by atoms with Crippen LogP contribution in [0.1, 0.15) is 46.5 Å². The van der Waals surface area contributed by atoms with Crippen LogP contribution in [0.25, 0.3) is 0 Å². The molecule has 7 heteroatoms. The topological polar surface area (TPSA) is 69.1 Å². The molecule has 0 radical (unpaired) electrons. The highest BCUT2D eigenvalue weighted by molar-refractivity contribution is 14.0. The van der Waals surface area contributed by atoms with Crippen LogP contribution in [0.5, 0.6) is 0 Å². The molecule has 2 rings (SSSR count). The van der Waals surface area contributed by atoms with E-state index in [9.17, 15) is 5.11 Å². The summed E-state index contributed by atoms with van der Waals surface area (Å²) in [6.07, 6.45) is 5.30. The molecular formula is C19H39IN4O2. The van der Waals surface area contributed by atoms with Crippen LogP contribution >= 0.6 is 24.0 Å². The quantitative estimate of drug-likeness (QED) is 0.295. The second-order valence-corrected chi connectivity index (χ2v) is 8.09. The van der Waals surface area contributed by atoms with Crippen LogP contribution in [0.2, 0.25) is 0 Å². The summed E-state index contributed by atoms with van der Waals surface area (Å²) in [5.41, 5.74) is -0.819. The van der Waals surface area contributed by atoms with Gasteiger partial charge in [-0.05, 0) is 38.5 Å². The van der Waals surface area contributed by atoms with Crippen molar-refractivity contribution in [2.75, 3.05) is 52.5 Å². The molecule has 0 aromatic heterocycles. The minimum absolute atomic E-state index is 0. The molecule has 2 fully saturated rings. The molecule has 1 aliphatic heterocycles. The summed E-state index contributed by atoms with van der Waals surface area (Å²) in [5.74, 6) is 2.45. The van der Waals surface area contributed by atoms with E-state index in [4.69, 9.17) is 4.74 Å². The monoisotopic (exact) mass is 482 g/mol. The smallest absolute Gasteiger partial charge is 0.191 e. The van der Waals surface area contributed by atoms with Crippen LogP contribution in [-0.4, -0.2) is 74.0 Å². The van der Waals surface area contributed by atoms with Gasteiger partial charge in [-0.25, -0.2) is 0 Å². The van der Waals surface area contributed by atoms with E-state index in [2.05, 4.69) is 34.4 Å². The molecule has 1 atom stereocenters. The lowest BCUT2D eigenvalue weighted by atomic mass is 9.83. The Morgan fingerprint density at radius 2 is 1.85 bits per heavy atom. The van der Waals surface area contributed by atoms with Crippen molar-refractivity contribution in [3.05, 3.63) is 0 Å². The Hall–Kier alpha value is -0.120. The second kappa shape index (κ2) is 12.4. The SMILES string of the molecule is CCNC(=NCC(C)(O)CN1CCOCC1)NCC1CCC(C)CC1.I. The predicted octanol–water partition coefficient (Wildman–Crippen LogP) is 2.07. The summed E-state index contributed by atoms with van der Waals surface area (Å²) >= 11 is 0. The third-order valence-electron chi connectivity index (χ3n) is 5.28. The van der Waals surface area contributed by atoms with Crippen molar-refractivity contribution in [1.82, 2.24) is 15.5 Å². The predicted molar refractivity (Wildman–Crippen MR) is 118 cm³/mol. The van der Waals surface area contributed by atoms with Crippen molar-refractivity contribution in [1.29, 1.82) is 0 Å². The molecule has 0 aromatic carbocycles. The first-order valence-corrected chi connectivity index (χ1v) is 10.0. The molecule has 0 bridgehead atoms. The number of ether oxygens (including phenoxy) is 1. The Bertz CT molecular complexity index is 406. The molecule has 26 heavy (non-hydrogen) atoms. The summed E-state index contributed by atoms with van der Waals surface area (Å²) in [7, 11) is 0. The zero-order chi connectivity index (χ0) is 18.1. The van der Waals surface area contributed by atoms with Gasteiger partial charge in [0.05, 0.1) is 25.4 Å². The molecule has 1 unspecified atom stereocenters. The highest BCUT2D eigenvalue weighted by Crippen LogP contribution is 2.27. The standard InChI is InChI=1S/C19H38N4O2.HI/c1-4-20-18(21-13-17-7-5-16(2)6-8-17)22-14-19(3,24)15-23-9-11-25-12-10-23;/h16-17,24H,4-15H2,1-3H3,(H2,20,21,22);1H. The fourth-order valence-corrected chi connectivity index (χ4v) is 3.66. The first-order chi connectivity index (χ1) is 12.0. The normalized spacial score (nSPS) is 27.3. The summed E-state index contributed by atoms with van der Waals surface area (Å²) < 4.78 is 5.37. The molecule has 1 saturated carbocycles. The summed E-state index contributed by atoms with van der Waals surface area (Å²) in [6.45, 7) is 12.4. The fraction of sp³-hybridized carbons (Fsp3) is 0.947. The number of hydrogen-bond acceptors (Lipinski definition) is 4. The van der Waals surface area contributed by atoms with E-state index in [1.165, 1.54) is 25.7 Å². The van der Waals surface area contributed by atoms with E-state index in [0.717, 1.165) is 57.2 Å². The van der Waals surface area contributed by atoms with Crippen molar-refractivity contribution < 1.29 is 9.84 Å². The maximum absolute atomic E-state index is 10.7. The van der Waals surface area contributed by atoms with Gasteiger partial charge in [-0.1, -0.05) is 19.8 Å². The van der Waals surface area contributed by atoms with Crippen molar-refractivity contribution in [3.63, 3.8) is 0 Å². The van der Waals surface area contributed by atoms with E-state index in [0.29, 0.717) is 13.1 Å². The lowest BCUT2D eigenvalue weighted by molar-refractivity contribution is -0.0180. The Morgan fingerprint density at radius 1 is 1.19 bits per heavy atom. The number of aliphatic imine (C=N–C) groups is 1. The number of aliphatic hydroxyl groups is 1. The molecule has 6 nitrogen and oxygen atoms in total. The average molecular weight is 482 g/mol. The highest BCUT2D eigenvalue weighted by Gasteiger charge is 2.25. The van der Waals surface area contributed by atoms with Gasteiger partial charge in [-0.3, -0.25) is 9.89 Å². The molecule has 1 aliphatic carbocycles. The molecule has 0 amide bonds. The number of rotatable bonds is 7. The van der Waals surface area contributed by atoms with E-state index < -0.39 is 5.60 Å². The average Bonchev–Trinajstić information content (AvgIpc) is 2.59. The van der Waals surface area contributed by atoms with Gasteiger partial charge < -0.3 is 20.5 Å². The van der Waals surface area contributed by atoms with Crippen LogP contribution in [0.4, 0.5) is 0 Å². The first kappa shape index (κ1) is 23.9. The molecule has 2 aliphatic rings. The maximum atomic E-state index is 10.7. The van der Waals surface area contributed by atoms with Crippen molar-refractivity contribution >= 4 is 29.9 Å². The number of guanidine groups is 1. The van der Waals surface area contributed by atoms with Crippen LogP contribution in [0, 0.1) is 11.8 Å². The first-order valence-electron chi connectivity index (χ1n) is 10.0. The maximum Gasteiger partial charge on any atom is 0.191 e. The van der Waals surface area contributed by atoms with E-state index in [1.54, 1.807) is 0 Å². The molecule has 1 heterocycles. The van der Waals surface area contributed by atoms with Gasteiger partial charge in [0.25, 0.3) is 0 Å². The number of β-amino-alcohol motifs (C(OH)–C–C–N with tert-alkyl or cyclic N) is 1. The number of nitrogens with zero attached hydrogens (tertiary/aromatic N) is 2. The van der Waals surface area contributed by atoms with Crippen molar-refractivity contribution in [2.45, 2.75) is 52.1 Å². The van der Waals surface area contributed by atoms with Crippen LogP contribution < -0.4 is 10.6 Å². The third-order valence-corrected chi connectivity index (χ3v) is 5.28. The molecule has 0 aromatic rings. The molecule has 0 spiro atoms. The lowest BCUT2D eigenvalue weighted by Gasteiger charge is -2.33. The minimum atomic E-state index is -0.819. The van der Waals surface area contributed by atoms with Crippen LogP contribution in [-0.2, 0) is 4.74 Å². The van der Waals surface area contributed by atoms with Gasteiger partial charge in [-0.15, -0.1) is 24.0 Å². The van der Waals surface area contributed by atoms with Crippen molar-refractivity contribution in [2.24, 2.45) is 16.8 Å². The molecule has 3 N–H and O–H groups in total. The van der Waals surface area contributed by atoms with Crippen molar-refractivity contribution in [3.8, 4) is 0 Å². The number of hydrogen-bond donors (Lipinski definition) is 3. The summed E-state index contributed by atoms with van der Waals surface area (Å²) in [4.78, 5) is 6.89. The summed E-state index contributed by atoms with van der Waals surface area (Å²) in [5, 5.41) is 17.5.